The number of halogens is 1. The Kier molecular flexibility index (Phi) is 2.23. The molecule has 4 heteroatoms. The number of fused-ring (bicyclic) bond motifs is 1. The lowest BCUT2D eigenvalue weighted by molar-refractivity contribution is 0.459. The highest BCUT2D eigenvalue weighted by atomic mass is 19.1. The maximum absolute atomic E-state index is 12.8. The standard InChI is InChI=1S/C10H11FN2O/c1-6(13-12)10-5-7-4-8(11)2-3-9(7)14-10/h2-6,13H,12H2,1H3. The van der Waals surface area contributed by atoms with Gasteiger partial charge in [-0.3, -0.25) is 11.3 Å². The van der Waals surface area contributed by atoms with Crippen LogP contribution in [-0.4, -0.2) is 0 Å². The Hall–Kier alpha value is -1.39. The summed E-state index contributed by atoms with van der Waals surface area (Å²) < 4.78 is 18.3. The average Bonchev–Trinajstić information content (AvgIpc) is 2.59. The largest absolute Gasteiger partial charge is 0.459 e. The van der Waals surface area contributed by atoms with Gasteiger partial charge < -0.3 is 4.42 Å². The second-order valence-electron chi connectivity index (χ2n) is 3.22. The number of rotatable bonds is 2. The highest BCUT2D eigenvalue weighted by molar-refractivity contribution is 5.77. The number of furan rings is 1. The van der Waals surface area contributed by atoms with Crippen LogP contribution in [-0.2, 0) is 0 Å². The number of nitrogens with one attached hydrogen (secondary N) is 1. The molecule has 0 saturated carbocycles. The Morgan fingerprint density at radius 1 is 1.43 bits per heavy atom. The van der Waals surface area contributed by atoms with Crippen LogP contribution in [0.15, 0.2) is 28.7 Å². The second-order valence-corrected chi connectivity index (χ2v) is 3.22. The Balaban J connectivity index is 2.51. The molecule has 1 aromatic carbocycles. The van der Waals surface area contributed by atoms with E-state index in [1.807, 2.05) is 6.92 Å². The van der Waals surface area contributed by atoms with Gasteiger partial charge in [0.2, 0.25) is 0 Å². The molecule has 1 unspecified atom stereocenters. The fourth-order valence-corrected chi connectivity index (χ4v) is 1.33. The first kappa shape index (κ1) is 9.18. The zero-order valence-electron chi connectivity index (χ0n) is 7.75. The van der Waals surface area contributed by atoms with Crippen LogP contribution in [0.3, 0.4) is 0 Å². The Morgan fingerprint density at radius 3 is 2.93 bits per heavy atom. The lowest BCUT2D eigenvalue weighted by Gasteiger charge is -2.03. The zero-order valence-corrected chi connectivity index (χ0v) is 7.75. The minimum absolute atomic E-state index is 0.0783. The van der Waals surface area contributed by atoms with Crippen LogP contribution < -0.4 is 11.3 Å². The van der Waals surface area contributed by atoms with Crippen molar-refractivity contribution in [1.82, 2.24) is 5.43 Å². The summed E-state index contributed by atoms with van der Waals surface area (Å²) in [4.78, 5) is 0. The SMILES string of the molecule is CC(NN)c1cc2cc(F)ccc2o1. The van der Waals surface area contributed by atoms with Gasteiger partial charge in [-0.15, -0.1) is 0 Å². The molecular formula is C10H11FN2O. The summed E-state index contributed by atoms with van der Waals surface area (Å²) in [5.74, 6) is 5.71. The van der Waals surface area contributed by atoms with E-state index in [1.54, 1.807) is 12.1 Å². The summed E-state index contributed by atoms with van der Waals surface area (Å²) in [6, 6.07) is 6.12. The molecule has 1 aromatic heterocycles. The van der Waals surface area contributed by atoms with E-state index in [9.17, 15) is 4.39 Å². The molecule has 3 N–H and O–H groups in total. The molecule has 14 heavy (non-hydrogen) atoms. The number of nitrogens with two attached hydrogens (primary N) is 1. The summed E-state index contributed by atoms with van der Waals surface area (Å²) in [7, 11) is 0. The monoisotopic (exact) mass is 194 g/mol. The number of benzene rings is 1. The van der Waals surface area contributed by atoms with Crippen LogP contribution in [0.2, 0.25) is 0 Å². The Morgan fingerprint density at radius 2 is 2.21 bits per heavy atom. The Bertz CT molecular complexity index is 452. The van der Waals surface area contributed by atoms with Crippen molar-refractivity contribution in [3.05, 3.63) is 35.8 Å². The number of hydrogen-bond donors (Lipinski definition) is 2. The molecule has 3 nitrogen and oxygen atoms in total. The first-order valence-corrected chi connectivity index (χ1v) is 4.36. The zero-order chi connectivity index (χ0) is 10.1. The van der Waals surface area contributed by atoms with Gasteiger partial charge in [0.1, 0.15) is 17.2 Å². The fourth-order valence-electron chi connectivity index (χ4n) is 1.33. The topological polar surface area (TPSA) is 51.2 Å². The normalized spacial score (nSPS) is 13.4. The van der Waals surface area contributed by atoms with Gasteiger partial charge in [-0.05, 0) is 31.2 Å². The molecule has 1 heterocycles. The van der Waals surface area contributed by atoms with Crippen LogP contribution >= 0.6 is 0 Å². The third-order valence-corrected chi connectivity index (χ3v) is 2.17. The van der Waals surface area contributed by atoms with Crippen molar-refractivity contribution in [2.45, 2.75) is 13.0 Å². The molecule has 2 aromatic rings. The summed E-state index contributed by atoms with van der Waals surface area (Å²) in [6.45, 7) is 1.87. The molecule has 0 bridgehead atoms. The Labute approximate surface area is 80.7 Å². The first-order chi connectivity index (χ1) is 6.70. The minimum Gasteiger partial charge on any atom is -0.459 e. The molecule has 0 fully saturated rings. The van der Waals surface area contributed by atoms with E-state index in [1.165, 1.54) is 12.1 Å². The molecule has 0 amide bonds. The van der Waals surface area contributed by atoms with Crippen LogP contribution in [0, 0.1) is 5.82 Å². The van der Waals surface area contributed by atoms with Crippen molar-refractivity contribution in [2.75, 3.05) is 0 Å². The quantitative estimate of drug-likeness (QED) is 0.568. The highest BCUT2D eigenvalue weighted by Gasteiger charge is 2.09. The molecule has 0 radical (unpaired) electrons. The van der Waals surface area contributed by atoms with Crippen LogP contribution in [0.25, 0.3) is 11.0 Å². The van der Waals surface area contributed by atoms with E-state index in [0.717, 1.165) is 5.39 Å². The summed E-state index contributed by atoms with van der Waals surface area (Å²) in [5, 5.41) is 0.752. The van der Waals surface area contributed by atoms with Gasteiger partial charge in [0.15, 0.2) is 0 Å². The third-order valence-electron chi connectivity index (χ3n) is 2.17. The minimum atomic E-state index is -0.266. The summed E-state index contributed by atoms with van der Waals surface area (Å²) in [5.41, 5.74) is 3.24. The van der Waals surface area contributed by atoms with Crippen molar-refractivity contribution in [3.8, 4) is 0 Å². The second kappa shape index (κ2) is 3.40. The molecule has 1 atom stereocenters. The van der Waals surface area contributed by atoms with Gasteiger partial charge >= 0.3 is 0 Å². The van der Waals surface area contributed by atoms with E-state index in [-0.39, 0.29) is 11.9 Å². The van der Waals surface area contributed by atoms with Gasteiger partial charge in [-0.25, -0.2) is 4.39 Å². The van der Waals surface area contributed by atoms with Crippen LogP contribution in [0.5, 0.6) is 0 Å². The highest BCUT2D eigenvalue weighted by Crippen LogP contribution is 2.23. The van der Waals surface area contributed by atoms with Gasteiger partial charge in [0.05, 0.1) is 6.04 Å². The third kappa shape index (κ3) is 1.49. The smallest absolute Gasteiger partial charge is 0.134 e. The van der Waals surface area contributed by atoms with Gasteiger partial charge in [0, 0.05) is 5.39 Å². The van der Waals surface area contributed by atoms with Crippen LogP contribution in [0.4, 0.5) is 4.39 Å². The first-order valence-electron chi connectivity index (χ1n) is 4.36. The van der Waals surface area contributed by atoms with Crippen molar-refractivity contribution < 1.29 is 8.81 Å². The predicted octanol–water partition coefficient (Wildman–Crippen LogP) is 2.10. The average molecular weight is 194 g/mol. The van der Waals surface area contributed by atoms with Crippen molar-refractivity contribution in [1.29, 1.82) is 0 Å². The lowest BCUT2D eigenvalue weighted by atomic mass is 10.2. The van der Waals surface area contributed by atoms with E-state index in [0.29, 0.717) is 11.3 Å². The fraction of sp³-hybridized carbons (Fsp3) is 0.200. The maximum Gasteiger partial charge on any atom is 0.134 e. The summed E-state index contributed by atoms with van der Waals surface area (Å²) >= 11 is 0. The molecule has 74 valence electrons. The van der Waals surface area contributed by atoms with Gasteiger partial charge in [-0.1, -0.05) is 0 Å². The van der Waals surface area contributed by atoms with Crippen molar-refractivity contribution in [3.63, 3.8) is 0 Å². The molecular weight excluding hydrogens is 183 g/mol. The van der Waals surface area contributed by atoms with E-state index < -0.39 is 0 Å². The molecule has 0 aliphatic heterocycles. The number of hydrazine groups is 1. The summed E-state index contributed by atoms with van der Waals surface area (Å²) in [6.07, 6.45) is 0. The van der Waals surface area contributed by atoms with Gasteiger partial charge in [-0.2, -0.15) is 0 Å². The number of hydrogen-bond acceptors (Lipinski definition) is 3. The van der Waals surface area contributed by atoms with Crippen molar-refractivity contribution >= 4 is 11.0 Å². The molecule has 2 rings (SSSR count). The van der Waals surface area contributed by atoms with Crippen LogP contribution in [0.1, 0.15) is 18.7 Å². The van der Waals surface area contributed by atoms with E-state index >= 15 is 0 Å². The molecule has 0 saturated heterocycles. The predicted molar refractivity (Wildman–Crippen MR) is 51.9 cm³/mol. The van der Waals surface area contributed by atoms with E-state index in [4.69, 9.17) is 10.3 Å². The lowest BCUT2D eigenvalue weighted by Crippen LogP contribution is -2.25. The molecule has 0 spiro atoms. The maximum atomic E-state index is 12.8. The molecule has 0 aliphatic rings. The van der Waals surface area contributed by atoms with Gasteiger partial charge in [0.25, 0.3) is 0 Å². The molecule has 0 aliphatic carbocycles. The van der Waals surface area contributed by atoms with Crippen molar-refractivity contribution in [2.24, 2.45) is 5.84 Å². The van der Waals surface area contributed by atoms with E-state index in [2.05, 4.69) is 5.43 Å².